The predicted octanol–water partition coefficient (Wildman–Crippen LogP) is 0.494. The normalized spacial score (nSPS) is 12.3. The molecule has 2 rings (SSSR count). The summed E-state index contributed by atoms with van der Waals surface area (Å²) < 4.78 is 0. The number of guanidine groups is 1. The van der Waals surface area contributed by atoms with Gasteiger partial charge >= 0.3 is 0 Å². The van der Waals surface area contributed by atoms with Gasteiger partial charge in [-0.15, -0.1) is 0 Å². The zero-order valence-electron chi connectivity index (χ0n) is 10.9. The minimum Gasteiger partial charge on any atom is -0.508 e. The van der Waals surface area contributed by atoms with E-state index in [4.69, 9.17) is 10.8 Å². The Morgan fingerprint density at radius 2 is 2.30 bits per heavy atom. The molecule has 0 bridgehead atoms. The summed E-state index contributed by atoms with van der Waals surface area (Å²) >= 11 is 0. The number of hydrazone groups is 1. The number of phenolic OH excluding ortho intramolecular Hbond substituents is 1. The van der Waals surface area contributed by atoms with Crippen LogP contribution in [0.1, 0.15) is 12.0 Å². The molecule has 0 saturated heterocycles. The largest absolute Gasteiger partial charge is 0.508 e. The first-order valence-corrected chi connectivity index (χ1v) is 6.20. The molecule has 0 amide bonds. The second kappa shape index (κ2) is 6.58. The predicted molar refractivity (Wildman–Crippen MR) is 78.9 cm³/mol. The van der Waals surface area contributed by atoms with E-state index in [2.05, 4.69) is 20.5 Å². The molecule has 0 spiro atoms. The maximum Gasteiger partial charge on any atom is 0.209 e. The molecule has 0 aliphatic rings. The second-order valence-corrected chi connectivity index (χ2v) is 4.19. The number of nitrogens with two attached hydrogens (primary N) is 1. The van der Waals surface area contributed by atoms with E-state index in [-0.39, 0.29) is 18.3 Å². The number of aromatic amines is 1. The molecule has 1 aromatic carbocycles. The van der Waals surface area contributed by atoms with Gasteiger partial charge in [-0.2, -0.15) is 5.10 Å². The van der Waals surface area contributed by atoms with Crippen molar-refractivity contribution in [3.63, 3.8) is 0 Å². The molecule has 0 saturated carbocycles. The number of aromatic nitrogens is 1. The molecule has 0 unspecified atom stereocenters. The maximum absolute atomic E-state index is 9.47. The average molecular weight is 275 g/mol. The lowest BCUT2D eigenvalue weighted by atomic mass is 10.2. The number of nitrogens with zero attached hydrogens (tertiary/aromatic N) is 2. The Morgan fingerprint density at radius 1 is 1.45 bits per heavy atom. The van der Waals surface area contributed by atoms with E-state index in [1.165, 1.54) is 0 Å². The summed E-state index contributed by atoms with van der Waals surface area (Å²) in [6.07, 6.45) is 3.94. The van der Waals surface area contributed by atoms with Crippen molar-refractivity contribution in [2.24, 2.45) is 15.8 Å². The van der Waals surface area contributed by atoms with Crippen molar-refractivity contribution in [3.8, 4) is 5.75 Å². The monoisotopic (exact) mass is 275 g/mol. The fraction of sp³-hybridized carbons (Fsp3) is 0.231. The van der Waals surface area contributed by atoms with Gasteiger partial charge in [0.05, 0.1) is 6.21 Å². The number of fused-ring (bicyclic) bond motifs is 1. The average Bonchev–Trinajstić information content (AvgIpc) is 2.82. The molecule has 6 N–H and O–H groups in total. The molecular formula is C13H17N5O2. The van der Waals surface area contributed by atoms with Crippen molar-refractivity contribution in [1.29, 1.82) is 0 Å². The van der Waals surface area contributed by atoms with Crippen molar-refractivity contribution < 1.29 is 10.2 Å². The number of aromatic hydroxyl groups is 1. The van der Waals surface area contributed by atoms with Crippen LogP contribution in [0.2, 0.25) is 0 Å². The van der Waals surface area contributed by atoms with E-state index in [9.17, 15) is 5.11 Å². The second-order valence-electron chi connectivity index (χ2n) is 4.19. The highest BCUT2D eigenvalue weighted by Gasteiger charge is 2.02. The van der Waals surface area contributed by atoms with Crippen LogP contribution < -0.4 is 11.2 Å². The van der Waals surface area contributed by atoms with Crippen LogP contribution in [0, 0.1) is 0 Å². The lowest BCUT2D eigenvalue weighted by Gasteiger charge is -1.98. The lowest BCUT2D eigenvalue weighted by molar-refractivity contribution is 0.291. The SMILES string of the molecule is NC(=NCCCO)N/N=C/c1c[nH]c2ccc(O)cc12. The molecule has 0 fully saturated rings. The molecule has 0 aliphatic carbocycles. The summed E-state index contributed by atoms with van der Waals surface area (Å²) in [6, 6.07) is 5.07. The molecule has 106 valence electrons. The summed E-state index contributed by atoms with van der Waals surface area (Å²) in [4.78, 5) is 7.05. The highest BCUT2D eigenvalue weighted by Crippen LogP contribution is 2.21. The van der Waals surface area contributed by atoms with E-state index in [0.29, 0.717) is 13.0 Å². The number of hydrogen-bond acceptors (Lipinski definition) is 4. The van der Waals surface area contributed by atoms with Gasteiger partial charge in [0.1, 0.15) is 5.75 Å². The number of hydrogen-bond donors (Lipinski definition) is 5. The zero-order chi connectivity index (χ0) is 14.4. The number of nitrogens with one attached hydrogen (secondary N) is 2. The molecule has 7 nitrogen and oxygen atoms in total. The molecule has 0 aliphatic heterocycles. The number of H-pyrrole nitrogens is 1. The van der Waals surface area contributed by atoms with E-state index in [0.717, 1.165) is 16.5 Å². The van der Waals surface area contributed by atoms with Crippen LogP contribution in [0.5, 0.6) is 5.75 Å². The standard InChI is InChI=1S/C13H17N5O2/c14-13(15-4-1-5-19)18-17-8-9-7-16-12-3-2-10(20)6-11(9)12/h2-3,6-8,16,19-20H,1,4-5H2,(H3,14,15,18)/b17-8+. The first-order chi connectivity index (χ1) is 9.70. The lowest BCUT2D eigenvalue weighted by Crippen LogP contribution is -2.27. The van der Waals surface area contributed by atoms with Gasteiger partial charge in [-0.3, -0.25) is 4.99 Å². The van der Waals surface area contributed by atoms with Crippen LogP contribution in [0.25, 0.3) is 10.9 Å². The summed E-state index contributed by atoms with van der Waals surface area (Å²) in [5.41, 5.74) is 9.92. The minimum absolute atomic E-state index is 0.0822. The van der Waals surface area contributed by atoms with Crippen molar-refractivity contribution in [2.75, 3.05) is 13.2 Å². The zero-order valence-corrected chi connectivity index (χ0v) is 10.9. The molecule has 2 aromatic rings. The number of aliphatic imine (C=N–C) groups is 1. The Morgan fingerprint density at radius 3 is 3.10 bits per heavy atom. The quantitative estimate of drug-likeness (QED) is 0.236. The molecule has 7 heteroatoms. The number of rotatable bonds is 5. The Bertz CT molecular complexity index is 633. The van der Waals surface area contributed by atoms with Gasteiger partial charge in [-0.25, -0.2) is 5.43 Å². The third kappa shape index (κ3) is 3.48. The van der Waals surface area contributed by atoms with Gasteiger partial charge in [-0.1, -0.05) is 0 Å². The van der Waals surface area contributed by atoms with Crippen molar-refractivity contribution in [1.82, 2.24) is 10.4 Å². The van der Waals surface area contributed by atoms with Gasteiger partial charge in [0, 0.05) is 35.8 Å². The number of phenols is 1. The molecule has 1 heterocycles. The topological polar surface area (TPSA) is 119 Å². The highest BCUT2D eigenvalue weighted by atomic mass is 16.3. The fourth-order valence-electron chi connectivity index (χ4n) is 1.71. The number of aliphatic hydroxyl groups excluding tert-OH is 1. The van der Waals surface area contributed by atoms with Crippen molar-refractivity contribution in [3.05, 3.63) is 30.0 Å². The van der Waals surface area contributed by atoms with E-state index in [1.54, 1.807) is 30.6 Å². The minimum atomic E-state index is 0.0822. The third-order valence-corrected chi connectivity index (χ3v) is 2.68. The Kier molecular flexibility index (Phi) is 4.56. The molecule has 20 heavy (non-hydrogen) atoms. The maximum atomic E-state index is 9.47. The number of benzene rings is 1. The first-order valence-electron chi connectivity index (χ1n) is 6.20. The number of aliphatic hydroxyl groups is 1. The van der Waals surface area contributed by atoms with Gasteiger partial charge in [0.2, 0.25) is 5.96 Å². The molecule has 0 radical (unpaired) electrons. The van der Waals surface area contributed by atoms with Gasteiger partial charge < -0.3 is 20.9 Å². The fourth-order valence-corrected chi connectivity index (χ4v) is 1.71. The van der Waals surface area contributed by atoms with Crippen LogP contribution in [0.4, 0.5) is 0 Å². The van der Waals surface area contributed by atoms with E-state index in [1.807, 2.05) is 0 Å². The van der Waals surface area contributed by atoms with Crippen LogP contribution in [-0.2, 0) is 0 Å². The summed E-state index contributed by atoms with van der Waals surface area (Å²) in [5.74, 6) is 0.391. The van der Waals surface area contributed by atoms with Crippen LogP contribution in [0.3, 0.4) is 0 Å². The Labute approximate surface area is 115 Å². The van der Waals surface area contributed by atoms with Gasteiger partial charge in [0.15, 0.2) is 0 Å². The Balaban J connectivity index is 2.03. The summed E-state index contributed by atoms with van der Waals surface area (Å²) in [7, 11) is 0. The highest BCUT2D eigenvalue weighted by molar-refractivity contribution is 5.99. The Hall–Kier alpha value is -2.54. The molecule has 0 atom stereocenters. The van der Waals surface area contributed by atoms with Crippen molar-refractivity contribution in [2.45, 2.75) is 6.42 Å². The van der Waals surface area contributed by atoms with Crippen LogP contribution in [-0.4, -0.2) is 40.5 Å². The van der Waals surface area contributed by atoms with Crippen molar-refractivity contribution >= 4 is 23.1 Å². The summed E-state index contributed by atoms with van der Waals surface area (Å²) in [5, 5.41) is 22.9. The molecule has 1 aromatic heterocycles. The van der Waals surface area contributed by atoms with E-state index >= 15 is 0 Å². The smallest absolute Gasteiger partial charge is 0.209 e. The van der Waals surface area contributed by atoms with Crippen LogP contribution >= 0.6 is 0 Å². The molecular weight excluding hydrogens is 258 g/mol. The summed E-state index contributed by atoms with van der Waals surface area (Å²) in [6.45, 7) is 0.532. The van der Waals surface area contributed by atoms with E-state index < -0.39 is 0 Å². The third-order valence-electron chi connectivity index (χ3n) is 2.68. The van der Waals surface area contributed by atoms with Gasteiger partial charge in [0.25, 0.3) is 0 Å². The van der Waals surface area contributed by atoms with Crippen LogP contribution in [0.15, 0.2) is 34.5 Å². The first kappa shape index (κ1) is 13.9. The van der Waals surface area contributed by atoms with Gasteiger partial charge in [-0.05, 0) is 24.6 Å².